The number of nitrogens with two attached hydrogens (primary N) is 2. The minimum atomic E-state index is -0.958. The van der Waals surface area contributed by atoms with E-state index >= 15 is 0 Å². The van der Waals surface area contributed by atoms with Crippen molar-refractivity contribution in [1.82, 2.24) is 19.6 Å². The van der Waals surface area contributed by atoms with Crippen molar-refractivity contribution in [3.05, 3.63) is 17.6 Å². The topological polar surface area (TPSA) is 201 Å². The molecular formula is C21H29N7O7S2. The largest absolute Gasteiger partial charge is 0.427 e. The number of hydrogen-bond acceptors (Lipinski definition) is 14. The van der Waals surface area contributed by atoms with E-state index in [4.69, 9.17) is 25.8 Å². The van der Waals surface area contributed by atoms with Gasteiger partial charge in [-0.3, -0.25) is 19.3 Å². The second-order valence-corrected chi connectivity index (χ2v) is 11.3. The number of carbonyl (C=O) groups is 4. The SMILES string of the molecule is CC1C=C(C(=O)OCOC(=O)C(C)(C)C)N2C(=O)C(NC(=O)C(=NOCCCN)c3nsc(N)n3)[C@@H]2S1. The number of thioether (sulfide) groups is 1. The Labute approximate surface area is 221 Å². The van der Waals surface area contributed by atoms with Gasteiger partial charge in [0.15, 0.2) is 5.13 Å². The molecule has 3 atom stereocenters. The van der Waals surface area contributed by atoms with E-state index in [1.165, 1.54) is 16.7 Å². The van der Waals surface area contributed by atoms with Gasteiger partial charge in [-0.25, -0.2) is 4.79 Å². The van der Waals surface area contributed by atoms with Crippen molar-refractivity contribution in [2.75, 3.05) is 25.7 Å². The highest BCUT2D eigenvalue weighted by atomic mass is 32.2. The first-order valence-electron chi connectivity index (χ1n) is 11.3. The maximum atomic E-state index is 13.0. The van der Waals surface area contributed by atoms with Gasteiger partial charge in [-0.2, -0.15) is 9.36 Å². The molecule has 16 heteroatoms. The second-order valence-electron chi connectivity index (χ2n) is 9.05. The van der Waals surface area contributed by atoms with Crippen molar-refractivity contribution in [2.45, 2.75) is 50.8 Å². The summed E-state index contributed by atoms with van der Waals surface area (Å²) in [6.07, 6.45) is 2.09. The molecule has 1 aromatic heterocycles. The normalized spacial score (nSPS) is 21.4. The number of nitrogen functional groups attached to an aromatic ring is 1. The number of nitrogens with one attached hydrogen (secondary N) is 1. The third-order valence-electron chi connectivity index (χ3n) is 5.00. The number of ether oxygens (including phenoxy) is 2. The lowest BCUT2D eigenvalue weighted by molar-refractivity contribution is -0.173. The predicted molar refractivity (Wildman–Crippen MR) is 135 cm³/mol. The number of hydrogen-bond donors (Lipinski definition) is 3. The summed E-state index contributed by atoms with van der Waals surface area (Å²) in [7, 11) is 0. The predicted octanol–water partition coefficient (Wildman–Crippen LogP) is -0.0479. The summed E-state index contributed by atoms with van der Waals surface area (Å²) in [5, 5.41) is 5.81. The van der Waals surface area contributed by atoms with E-state index in [2.05, 4.69) is 19.8 Å². The Morgan fingerprint density at radius 2 is 2.00 bits per heavy atom. The molecule has 37 heavy (non-hydrogen) atoms. The summed E-state index contributed by atoms with van der Waals surface area (Å²) in [6, 6.07) is -0.958. The minimum Gasteiger partial charge on any atom is -0.427 e. The zero-order valence-electron chi connectivity index (χ0n) is 20.8. The van der Waals surface area contributed by atoms with Crippen molar-refractivity contribution < 1.29 is 33.5 Å². The molecule has 1 aromatic rings. The number of carbonyl (C=O) groups excluding carboxylic acids is 4. The van der Waals surface area contributed by atoms with Crippen molar-refractivity contribution in [3.8, 4) is 0 Å². The minimum absolute atomic E-state index is 0.00602. The molecular weight excluding hydrogens is 526 g/mol. The molecule has 2 aliphatic rings. The van der Waals surface area contributed by atoms with Gasteiger partial charge in [0.25, 0.3) is 11.8 Å². The number of oxime groups is 1. The van der Waals surface area contributed by atoms with Crippen LogP contribution in [-0.4, -0.2) is 80.3 Å². The summed E-state index contributed by atoms with van der Waals surface area (Å²) in [5.41, 5.74) is 10.1. The van der Waals surface area contributed by atoms with E-state index < -0.39 is 47.4 Å². The number of aromatic nitrogens is 2. The van der Waals surface area contributed by atoms with Crippen LogP contribution in [0.2, 0.25) is 0 Å². The Morgan fingerprint density at radius 3 is 2.62 bits per heavy atom. The monoisotopic (exact) mass is 555 g/mol. The van der Waals surface area contributed by atoms with Crippen LogP contribution in [0.3, 0.4) is 0 Å². The first kappa shape index (κ1) is 28.3. The Kier molecular flexibility index (Phi) is 9.09. The van der Waals surface area contributed by atoms with E-state index in [1.807, 2.05) is 6.92 Å². The van der Waals surface area contributed by atoms with Gasteiger partial charge in [0.2, 0.25) is 18.3 Å². The van der Waals surface area contributed by atoms with Crippen LogP contribution in [0.15, 0.2) is 16.9 Å². The highest BCUT2D eigenvalue weighted by Gasteiger charge is 2.54. The van der Waals surface area contributed by atoms with E-state index in [1.54, 1.807) is 26.8 Å². The quantitative estimate of drug-likeness (QED) is 0.0869. The summed E-state index contributed by atoms with van der Waals surface area (Å²) in [6.45, 7) is 6.78. The molecule has 0 aliphatic carbocycles. The third kappa shape index (κ3) is 6.75. The van der Waals surface area contributed by atoms with Gasteiger partial charge in [0, 0.05) is 16.8 Å². The zero-order valence-corrected chi connectivity index (χ0v) is 22.4. The average Bonchev–Trinajstić information content (AvgIpc) is 3.26. The Morgan fingerprint density at radius 1 is 1.27 bits per heavy atom. The van der Waals surface area contributed by atoms with Crippen LogP contribution in [-0.2, 0) is 33.5 Å². The van der Waals surface area contributed by atoms with E-state index in [0.29, 0.717) is 13.0 Å². The molecule has 0 aromatic carbocycles. The third-order valence-corrected chi connectivity index (χ3v) is 6.87. The van der Waals surface area contributed by atoms with Crippen molar-refractivity contribution in [1.29, 1.82) is 0 Å². The second kappa shape index (κ2) is 11.9. The van der Waals surface area contributed by atoms with Crippen LogP contribution in [0.25, 0.3) is 0 Å². The Balaban J connectivity index is 1.67. The lowest BCUT2D eigenvalue weighted by Gasteiger charge is -2.49. The number of fused-ring (bicyclic) bond motifs is 1. The highest BCUT2D eigenvalue weighted by Crippen LogP contribution is 2.41. The molecule has 2 unspecified atom stereocenters. The summed E-state index contributed by atoms with van der Waals surface area (Å²) in [4.78, 5) is 60.9. The fourth-order valence-corrected chi connectivity index (χ4v) is 4.89. The summed E-state index contributed by atoms with van der Waals surface area (Å²) in [5.74, 6) is -2.68. The average molecular weight is 556 g/mol. The number of esters is 2. The molecule has 2 aliphatic heterocycles. The Hall–Kier alpha value is -3.24. The van der Waals surface area contributed by atoms with Gasteiger partial charge in [0.05, 0.1) is 5.41 Å². The number of anilines is 1. The molecule has 2 amide bonds. The summed E-state index contributed by atoms with van der Waals surface area (Å²) < 4.78 is 14.0. The molecule has 0 saturated carbocycles. The van der Waals surface area contributed by atoms with E-state index in [9.17, 15) is 19.2 Å². The standard InChI is InChI=1S/C21H29N7O7S2/c1-10-8-11(18(31)33-9-34-19(32)21(2,3)4)28-16(30)13(17(28)36-10)24-15(29)12(26-35-7-5-6-22)14-25-20(23)37-27-14/h8,10,13,17H,5-7,9,22H2,1-4H3,(H,24,29)(H2,23,25,27)/t10?,13?,17-/m0/s1. The van der Waals surface area contributed by atoms with Gasteiger partial charge in [0.1, 0.15) is 23.7 Å². The lowest BCUT2D eigenvalue weighted by atomic mass is 9.98. The van der Waals surface area contributed by atoms with E-state index in [-0.39, 0.29) is 34.2 Å². The summed E-state index contributed by atoms with van der Waals surface area (Å²) >= 11 is 2.24. The number of amides is 2. The molecule has 3 rings (SSSR count). The van der Waals surface area contributed by atoms with Crippen LogP contribution in [0.1, 0.15) is 39.9 Å². The van der Waals surface area contributed by atoms with Crippen molar-refractivity contribution >= 4 is 57.9 Å². The number of nitrogens with zero attached hydrogens (tertiary/aromatic N) is 4. The molecule has 3 heterocycles. The molecule has 1 saturated heterocycles. The fraction of sp³-hybridized carbons (Fsp3) is 0.571. The highest BCUT2D eigenvalue weighted by molar-refractivity contribution is 8.00. The molecule has 5 N–H and O–H groups in total. The fourth-order valence-electron chi connectivity index (χ4n) is 3.13. The van der Waals surface area contributed by atoms with E-state index in [0.717, 1.165) is 11.5 Å². The number of rotatable bonds is 10. The van der Waals surface area contributed by atoms with Gasteiger partial charge in [-0.15, -0.1) is 11.8 Å². The first-order valence-corrected chi connectivity index (χ1v) is 13.0. The van der Waals surface area contributed by atoms with Crippen molar-refractivity contribution in [2.24, 2.45) is 16.3 Å². The maximum Gasteiger partial charge on any atom is 0.357 e. The van der Waals surface area contributed by atoms with Crippen LogP contribution >= 0.6 is 23.3 Å². The van der Waals surface area contributed by atoms with Gasteiger partial charge in [-0.1, -0.05) is 5.16 Å². The lowest BCUT2D eigenvalue weighted by Crippen LogP contribution is -2.71. The van der Waals surface area contributed by atoms with Crippen LogP contribution in [0.4, 0.5) is 5.13 Å². The smallest absolute Gasteiger partial charge is 0.357 e. The van der Waals surface area contributed by atoms with Crippen molar-refractivity contribution in [3.63, 3.8) is 0 Å². The molecule has 0 spiro atoms. The van der Waals surface area contributed by atoms with Gasteiger partial charge >= 0.3 is 11.9 Å². The zero-order chi connectivity index (χ0) is 27.3. The first-order chi connectivity index (χ1) is 17.4. The maximum absolute atomic E-state index is 13.0. The molecule has 0 radical (unpaired) electrons. The van der Waals surface area contributed by atoms with Gasteiger partial charge in [-0.05, 0) is 46.7 Å². The Bertz CT molecular complexity index is 1110. The molecule has 202 valence electrons. The molecule has 14 nitrogen and oxygen atoms in total. The number of β-lactam (4-membered cyclic amide) rings is 1. The van der Waals surface area contributed by atoms with Crippen LogP contribution < -0.4 is 16.8 Å². The molecule has 0 bridgehead atoms. The molecule has 1 fully saturated rings. The van der Waals surface area contributed by atoms with Crippen LogP contribution in [0, 0.1) is 5.41 Å². The van der Waals surface area contributed by atoms with Crippen LogP contribution in [0.5, 0.6) is 0 Å². The van der Waals surface area contributed by atoms with Gasteiger partial charge < -0.3 is 31.1 Å².